The first-order chi connectivity index (χ1) is 16.1. The molecule has 5 aromatic rings. The molecule has 0 bridgehead atoms. The molecule has 0 fully saturated rings. The number of amides is 1. The first-order valence-electron chi connectivity index (χ1n) is 10.3. The van der Waals surface area contributed by atoms with E-state index in [1.54, 1.807) is 34.1 Å². The van der Waals surface area contributed by atoms with Crippen LogP contribution >= 0.6 is 11.6 Å². The molecule has 1 unspecified atom stereocenters. The van der Waals surface area contributed by atoms with Crippen LogP contribution < -0.4 is 0 Å². The Labute approximate surface area is 192 Å². The molecule has 0 aromatic carbocycles. The van der Waals surface area contributed by atoms with E-state index in [1.165, 1.54) is 0 Å². The molecule has 1 amide bonds. The highest BCUT2D eigenvalue weighted by atomic mass is 35.5. The number of aryl methyl sites for hydroxylation is 1. The third-order valence-electron chi connectivity index (χ3n) is 5.77. The molecule has 11 heteroatoms. The summed E-state index contributed by atoms with van der Waals surface area (Å²) < 4.78 is 7.40. The van der Waals surface area contributed by atoms with Crippen LogP contribution in [0.3, 0.4) is 0 Å². The smallest absolute Gasteiger partial charge is 0.312 e. The summed E-state index contributed by atoms with van der Waals surface area (Å²) in [5.41, 5.74) is 4.58. The van der Waals surface area contributed by atoms with Crippen molar-refractivity contribution in [2.45, 2.75) is 19.4 Å². The van der Waals surface area contributed by atoms with E-state index in [-0.39, 0.29) is 11.8 Å². The Morgan fingerprint density at radius 3 is 2.97 bits per heavy atom. The minimum absolute atomic E-state index is 0.0981. The molecule has 1 N–H and O–H groups in total. The van der Waals surface area contributed by atoms with E-state index in [9.17, 15) is 4.79 Å². The van der Waals surface area contributed by atoms with Crippen LogP contribution in [0.1, 0.15) is 39.5 Å². The molecule has 5 aromatic heterocycles. The SMILES string of the molecule is Cc1ncccc1-c1nnc(C(=O)N2CCc3[nH]cnc3C2c2cc3cccc(Cl)n3n2)o1. The van der Waals surface area contributed by atoms with Crippen molar-refractivity contribution in [3.8, 4) is 11.5 Å². The van der Waals surface area contributed by atoms with Gasteiger partial charge in [0.1, 0.15) is 11.2 Å². The molecule has 6 heterocycles. The normalized spacial score (nSPS) is 15.7. The summed E-state index contributed by atoms with van der Waals surface area (Å²) in [7, 11) is 0. The zero-order valence-electron chi connectivity index (χ0n) is 17.4. The molecule has 0 saturated heterocycles. The van der Waals surface area contributed by atoms with Crippen LogP contribution in [0.25, 0.3) is 17.0 Å². The van der Waals surface area contributed by atoms with Crippen LogP contribution in [0.5, 0.6) is 0 Å². The molecule has 0 saturated carbocycles. The standard InChI is InChI=1S/C22H17ClN8O2/c1-12-14(5-3-8-24-12)20-27-28-21(33-20)22(32)30-9-7-15-18(26-11-25-15)19(30)16-10-13-4-2-6-17(23)31(13)29-16/h2-6,8,10-11,19H,7,9H2,1H3,(H,25,26). The summed E-state index contributed by atoms with van der Waals surface area (Å²) in [5.74, 6) is -0.242. The van der Waals surface area contributed by atoms with E-state index in [4.69, 9.17) is 16.0 Å². The number of hydrogen-bond donors (Lipinski definition) is 1. The monoisotopic (exact) mass is 460 g/mol. The number of imidazole rings is 1. The van der Waals surface area contributed by atoms with Gasteiger partial charge in [0.2, 0.25) is 5.89 Å². The number of nitrogens with one attached hydrogen (secondary N) is 1. The zero-order valence-corrected chi connectivity index (χ0v) is 18.2. The van der Waals surface area contributed by atoms with E-state index in [1.807, 2.05) is 31.2 Å². The van der Waals surface area contributed by atoms with E-state index in [0.717, 1.165) is 22.6 Å². The molecule has 0 radical (unpaired) electrons. The number of aromatic nitrogens is 7. The predicted molar refractivity (Wildman–Crippen MR) is 118 cm³/mol. The largest absolute Gasteiger partial charge is 0.412 e. The minimum Gasteiger partial charge on any atom is -0.412 e. The number of rotatable bonds is 3. The van der Waals surface area contributed by atoms with Gasteiger partial charge < -0.3 is 14.3 Å². The fraction of sp³-hybridized carbons (Fsp3) is 0.182. The Morgan fingerprint density at radius 1 is 1.21 bits per heavy atom. The minimum atomic E-state index is -0.529. The summed E-state index contributed by atoms with van der Waals surface area (Å²) in [6.07, 6.45) is 3.93. The molecule has 164 valence electrons. The highest BCUT2D eigenvalue weighted by Crippen LogP contribution is 2.35. The lowest BCUT2D eigenvalue weighted by atomic mass is 9.99. The van der Waals surface area contributed by atoms with Gasteiger partial charge in [-0.2, -0.15) is 5.10 Å². The van der Waals surface area contributed by atoms with Crippen LogP contribution in [0, 0.1) is 6.92 Å². The quantitative estimate of drug-likeness (QED) is 0.410. The molecule has 0 aliphatic carbocycles. The second-order valence-electron chi connectivity index (χ2n) is 7.72. The van der Waals surface area contributed by atoms with E-state index < -0.39 is 11.9 Å². The Kier molecular flexibility index (Phi) is 4.47. The van der Waals surface area contributed by atoms with Crippen molar-refractivity contribution >= 4 is 23.0 Å². The van der Waals surface area contributed by atoms with E-state index >= 15 is 0 Å². The maximum absolute atomic E-state index is 13.5. The number of hydrogen-bond acceptors (Lipinski definition) is 7. The maximum Gasteiger partial charge on any atom is 0.312 e. The summed E-state index contributed by atoms with van der Waals surface area (Å²) in [6.45, 7) is 2.28. The molecule has 0 spiro atoms. The summed E-state index contributed by atoms with van der Waals surface area (Å²) in [4.78, 5) is 27.1. The molecule has 33 heavy (non-hydrogen) atoms. The number of halogens is 1. The Hall–Kier alpha value is -4.05. The highest BCUT2D eigenvalue weighted by Gasteiger charge is 2.38. The summed E-state index contributed by atoms with van der Waals surface area (Å²) in [6, 6.07) is 10.5. The van der Waals surface area contributed by atoms with Crippen molar-refractivity contribution < 1.29 is 9.21 Å². The number of aromatic amines is 1. The fourth-order valence-corrected chi connectivity index (χ4v) is 4.39. The van der Waals surface area contributed by atoms with Crippen LogP contribution in [0.15, 0.2) is 53.3 Å². The Bertz CT molecular complexity index is 1500. The van der Waals surface area contributed by atoms with Gasteiger partial charge >= 0.3 is 11.8 Å². The third kappa shape index (κ3) is 3.18. The molecular weight excluding hydrogens is 444 g/mol. The number of carbonyl (C=O) groups is 1. The average Bonchev–Trinajstić information content (AvgIpc) is 3.57. The van der Waals surface area contributed by atoms with Gasteiger partial charge in [-0.15, -0.1) is 10.2 Å². The fourth-order valence-electron chi connectivity index (χ4n) is 4.18. The van der Waals surface area contributed by atoms with Crippen molar-refractivity contribution in [1.82, 2.24) is 39.7 Å². The van der Waals surface area contributed by atoms with Gasteiger partial charge in [-0.3, -0.25) is 9.78 Å². The van der Waals surface area contributed by atoms with Crippen molar-refractivity contribution in [2.24, 2.45) is 0 Å². The second kappa shape index (κ2) is 7.52. The van der Waals surface area contributed by atoms with Gasteiger partial charge in [0.25, 0.3) is 0 Å². The van der Waals surface area contributed by atoms with Crippen LogP contribution in [0.4, 0.5) is 0 Å². The lowest BCUT2D eigenvalue weighted by molar-refractivity contribution is 0.0646. The molecule has 1 aliphatic heterocycles. The van der Waals surface area contributed by atoms with Gasteiger partial charge in [0, 0.05) is 30.6 Å². The second-order valence-corrected chi connectivity index (χ2v) is 8.11. The Morgan fingerprint density at radius 2 is 2.12 bits per heavy atom. The van der Waals surface area contributed by atoms with Crippen LogP contribution in [-0.2, 0) is 6.42 Å². The molecule has 1 aliphatic rings. The summed E-state index contributed by atoms with van der Waals surface area (Å²) >= 11 is 6.32. The van der Waals surface area contributed by atoms with Gasteiger partial charge in [-0.1, -0.05) is 17.7 Å². The summed E-state index contributed by atoms with van der Waals surface area (Å²) in [5, 5.41) is 13.2. The van der Waals surface area contributed by atoms with Crippen molar-refractivity contribution in [3.05, 3.63) is 82.7 Å². The first-order valence-corrected chi connectivity index (χ1v) is 10.7. The number of carbonyl (C=O) groups excluding carboxylic acids is 1. The number of pyridine rings is 2. The van der Waals surface area contributed by atoms with Gasteiger partial charge in [-0.05, 0) is 37.3 Å². The average molecular weight is 461 g/mol. The molecule has 1 atom stereocenters. The zero-order chi connectivity index (χ0) is 22.5. The lowest BCUT2D eigenvalue weighted by Gasteiger charge is -2.32. The third-order valence-corrected chi connectivity index (χ3v) is 6.06. The first kappa shape index (κ1) is 19.6. The van der Waals surface area contributed by atoms with Gasteiger partial charge in [0.15, 0.2) is 0 Å². The van der Waals surface area contributed by atoms with E-state index in [0.29, 0.717) is 29.4 Å². The molecular formula is C22H17ClN8O2. The highest BCUT2D eigenvalue weighted by molar-refractivity contribution is 6.29. The lowest BCUT2D eigenvalue weighted by Crippen LogP contribution is -2.41. The molecule has 6 rings (SSSR count). The van der Waals surface area contributed by atoms with E-state index in [2.05, 4.69) is 30.2 Å². The van der Waals surface area contributed by atoms with Crippen LogP contribution in [-0.4, -0.2) is 52.1 Å². The number of fused-ring (bicyclic) bond motifs is 2. The Balaban J connectivity index is 1.41. The van der Waals surface area contributed by atoms with Crippen molar-refractivity contribution in [2.75, 3.05) is 6.54 Å². The van der Waals surface area contributed by atoms with Gasteiger partial charge in [-0.25, -0.2) is 9.50 Å². The van der Waals surface area contributed by atoms with Crippen molar-refractivity contribution in [3.63, 3.8) is 0 Å². The van der Waals surface area contributed by atoms with Crippen LogP contribution in [0.2, 0.25) is 5.15 Å². The number of nitrogens with zero attached hydrogens (tertiary/aromatic N) is 7. The topological polar surface area (TPSA) is 118 Å². The number of H-pyrrole nitrogens is 1. The van der Waals surface area contributed by atoms with Gasteiger partial charge in [0.05, 0.1) is 28.8 Å². The van der Waals surface area contributed by atoms with Crippen molar-refractivity contribution in [1.29, 1.82) is 0 Å². The maximum atomic E-state index is 13.5. The molecule has 10 nitrogen and oxygen atoms in total. The predicted octanol–water partition coefficient (Wildman–Crippen LogP) is 3.25.